The van der Waals surface area contributed by atoms with Crippen LogP contribution >= 0.6 is 0 Å². The van der Waals surface area contributed by atoms with Gasteiger partial charge in [-0.2, -0.15) is 0 Å². The zero-order valence-electron chi connectivity index (χ0n) is 24.3. The van der Waals surface area contributed by atoms with Crippen molar-refractivity contribution in [1.29, 1.82) is 0 Å². The maximum atomic E-state index is 13.8. The maximum Gasteiger partial charge on any atom is 0.336 e. The van der Waals surface area contributed by atoms with Gasteiger partial charge in [0.2, 0.25) is 0 Å². The third-order valence-corrected chi connectivity index (χ3v) is 12.5. The number of aliphatic hydroxyl groups excluding tert-OH is 2. The molecular formula is C31H44O9. The zero-order chi connectivity index (χ0) is 28.8. The van der Waals surface area contributed by atoms with Gasteiger partial charge in [-0.3, -0.25) is 9.59 Å². The quantitative estimate of drug-likeness (QED) is 0.372. The van der Waals surface area contributed by atoms with Crippen molar-refractivity contribution in [2.75, 3.05) is 20.3 Å². The molecule has 40 heavy (non-hydrogen) atoms. The van der Waals surface area contributed by atoms with Crippen LogP contribution in [0.25, 0.3) is 0 Å². The molecule has 0 bridgehead atoms. The molecule has 6 aliphatic rings. The molecule has 12 atom stereocenters. The predicted molar refractivity (Wildman–Crippen MR) is 142 cm³/mol. The first-order chi connectivity index (χ1) is 19.0. The largest absolute Gasteiger partial charge is 0.465 e. The smallest absolute Gasteiger partial charge is 0.336 e. The molecule has 1 spiro atoms. The summed E-state index contributed by atoms with van der Waals surface area (Å²) in [6, 6.07) is 0. The van der Waals surface area contributed by atoms with E-state index in [1.165, 1.54) is 6.92 Å². The Morgan fingerprint density at radius 1 is 1.18 bits per heavy atom. The Hall–Kier alpha value is -1.81. The highest BCUT2D eigenvalue weighted by Gasteiger charge is 2.82. The minimum atomic E-state index is -0.879. The number of carbonyl (C=O) groups is 3. The number of epoxide rings is 1. The molecular weight excluding hydrogens is 516 g/mol. The van der Waals surface area contributed by atoms with E-state index in [4.69, 9.17) is 18.9 Å². The van der Waals surface area contributed by atoms with Crippen molar-refractivity contribution in [3.8, 4) is 0 Å². The molecule has 9 nitrogen and oxygen atoms in total. The Balaban J connectivity index is 1.32. The van der Waals surface area contributed by atoms with Crippen LogP contribution in [0.15, 0.2) is 11.1 Å². The van der Waals surface area contributed by atoms with Crippen LogP contribution in [-0.2, 0) is 33.3 Å². The van der Waals surface area contributed by atoms with E-state index in [2.05, 4.69) is 6.92 Å². The molecule has 0 aromatic heterocycles. The molecule has 4 aliphatic carbocycles. The highest BCUT2D eigenvalue weighted by molar-refractivity contribution is 5.90. The topological polar surface area (TPSA) is 132 Å². The number of carbonyl (C=O) groups excluding carboxylic acids is 3. The second-order valence-electron chi connectivity index (χ2n) is 13.7. The summed E-state index contributed by atoms with van der Waals surface area (Å²) in [5.74, 6) is 0.0808. The van der Waals surface area contributed by atoms with Crippen molar-refractivity contribution in [3.63, 3.8) is 0 Å². The van der Waals surface area contributed by atoms with Gasteiger partial charge in [0.25, 0.3) is 0 Å². The van der Waals surface area contributed by atoms with Crippen molar-refractivity contribution in [3.05, 3.63) is 11.1 Å². The van der Waals surface area contributed by atoms with E-state index in [1.807, 2.05) is 13.8 Å². The average Bonchev–Trinajstić information content (AvgIpc) is 3.53. The number of rotatable bonds is 6. The monoisotopic (exact) mass is 560 g/mol. The van der Waals surface area contributed by atoms with Crippen molar-refractivity contribution in [2.45, 2.75) is 103 Å². The lowest BCUT2D eigenvalue weighted by molar-refractivity contribution is -0.188. The van der Waals surface area contributed by atoms with Gasteiger partial charge in [0.1, 0.15) is 23.6 Å². The van der Waals surface area contributed by atoms with E-state index in [0.717, 1.165) is 37.7 Å². The predicted octanol–water partition coefficient (Wildman–Crippen LogP) is 2.75. The van der Waals surface area contributed by atoms with Crippen molar-refractivity contribution in [2.24, 2.45) is 40.4 Å². The van der Waals surface area contributed by atoms with E-state index in [-0.39, 0.29) is 72.0 Å². The summed E-state index contributed by atoms with van der Waals surface area (Å²) in [4.78, 5) is 38.6. The molecule has 222 valence electrons. The summed E-state index contributed by atoms with van der Waals surface area (Å²) in [5, 5.41) is 21.0. The van der Waals surface area contributed by atoms with Crippen LogP contribution < -0.4 is 0 Å². The minimum absolute atomic E-state index is 0.0345. The second kappa shape index (κ2) is 9.61. The molecule has 9 heteroatoms. The second-order valence-corrected chi connectivity index (χ2v) is 13.7. The van der Waals surface area contributed by atoms with Gasteiger partial charge in [-0.25, -0.2) is 4.79 Å². The van der Waals surface area contributed by atoms with Gasteiger partial charge in [0.05, 0.1) is 36.4 Å². The fourth-order valence-corrected chi connectivity index (χ4v) is 10.5. The van der Waals surface area contributed by atoms with Crippen LogP contribution in [0.3, 0.4) is 0 Å². The summed E-state index contributed by atoms with van der Waals surface area (Å²) >= 11 is 0. The minimum Gasteiger partial charge on any atom is -0.465 e. The number of fused-ring (bicyclic) bond motifs is 4. The van der Waals surface area contributed by atoms with Gasteiger partial charge in [-0.05, 0) is 75.5 Å². The molecule has 1 saturated heterocycles. The Bertz CT molecular complexity index is 1130. The molecule has 5 fully saturated rings. The lowest BCUT2D eigenvalue weighted by Crippen LogP contribution is -2.68. The van der Waals surface area contributed by atoms with Crippen molar-refractivity contribution in [1.82, 2.24) is 0 Å². The van der Waals surface area contributed by atoms with Crippen LogP contribution in [-0.4, -0.2) is 78.3 Å². The van der Waals surface area contributed by atoms with E-state index in [9.17, 15) is 24.6 Å². The molecule has 4 saturated carbocycles. The number of hydrogen-bond acceptors (Lipinski definition) is 9. The SMILES string of the molecule is COC1CC(=O)C2(C)C3CCC4(COC(C)=O)C(C(C)C5CC(C)=C(CO)C(=O)O5)CCC4C3CC3OC32C1O. The Morgan fingerprint density at radius 3 is 2.58 bits per heavy atom. The zero-order valence-corrected chi connectivity index (χ0v) is 24.3. The highest BCUT2D eigenvalue weighted by Crippen LogP contribution is 2.74. The summed E-state index contributed by atoms with van der Waals surface area (Å²) < 4.78 is 23.5. The summed E-state index contributed by atoms with van der Waals surface area (Å²) in [6.45, 7) is 7.49. The summed E-state index contributed by atoms with van der Waals surface area (Å²) in [7, 11) is 1.54. The number of cyclic esters (lactones) is 1. The molecule has 0 aromatic carbocycles. The number of ketones is 1. The van der Waals surface area contributed by atoms with E-state index in [1.54, 1.807) is 7.11 Å². The average molecular weight is 561 g/mol. The Kier molecular flexibility index (Phi) is 6.80. The normalized spacial score (nSPS) is 48.4. The van der Waals surface area contributed by atoms with Crippen LogP contribution in [0.4, 0.5) is 0 Å². The van der Waals surface area contributed by atoms with Gasteiger partial charge < -0.3 is 29.2 Å². The number of Topliss-reactive ketones (excluding diaryl/α,β-unsaturated/α-hetero) is 1. The first kappa shape index (κ1) is 28.3. The fraction of sp³-hybridized carbons (Fsp3) is 0.839. The molecule has 2 aliphatic heterocycles. The van der Waals surface area contributed by atoms with Crippen LogP contribution in [0.2, 0.25) is 0 Å². The molecule has 0 radical (unpaired) electrons. The van der Waals surface area contributed by atoms with Gasteiger partial charge >= 0.3 is 11.9 Å². The van der Waals surface area contributed by atoms with Crippen LogP contribution in [0.5, 0.6) is 0 Å². The van der Waals surface area contributed by atoms with Gasteiger partial charge in [0, 0.05) is 32.3 Å². The lowest BCUT2D eigenvalue weighted by Gasteiger charge is -2.60. The third kappa shape index (κ3) is 3.62. The molecule has 0 amide bonds. The summed E-state index contributed by atoms with van der Waals surface area (Å²) in [6.07, 6.45) is 3.12. The standard InChI is InChI=1S/C31H44O9/c1-15-10-23(39-28(36)19(15)13-32)16(2)20-6-7-22-18-11-26-31(40-26)27(35)24(37-5)12-25(34)29(31,4)21(18)8-9-30(20,22)14-38-17(3)33/h16,18,20-24,26-27,32,35H,6-14H2,1-5H3. The van der Waals surface area contributed by atoms with Crippen molar-refractivity contribution < 1.29 is 43.5 Å². The van der Waals surface area contributed by atoms with E-state index < -0.39 is 29.2 Å². The van der Waals surface area contributed by atoms with Gasteiger partial charge in [-0.1, -0.05) is 12.5 Å². The lowest BCUT2D eigenvalue weighted by atomic mass is 9.43. The molecule has 2 N–H and O–H groups in total. The first-order valence-electron chi connectivity index (χ1n) is 15.0. The number of hydrogen-bond donors (Lipinski definition) is 2. The summed E-state index contributed by atoms with van der Waals surface area (Å²) in [5.41, 5.74) is -0.733. The molecule has 12 unspecified atom stereocenters. The first-order valence-corrected chi connectivity index (χ1v) is 15.0. The molecule has 2 heterocycles. The Morgan fingerprint density at radius 2 is 1.93 bits per heavy atom. The fourth-order valence-electron chi connectivity index (χ4n) is 10.5. The van der Waals surface area contributed by atoms with Gasteiger partial charge in [-0.15, -0.1) is 0 Å². The third-order valence-electron chi connectivity index (χ3n) is 12.5. The maximum absolute atomic E-state index is 13.8. The Labute approximate surface area is 235 Å². The number of ether oxygens (including phenoxy) is 4. The molecule has 6 rings (SSSR count). The van der Waals surface area contributed by atoms with Gasteiger partial charge in [0.15, 0.2) is 0 Å². The number of esters is 2. The molecule has 0 aromatic rings. The number of methoxy groups -OCH3 is 1. The van der Waals surface area contributed by atoms with Crippen LogP contribution in [0, 0.1) is 40.4 Å². The highest BCUT2D eigenvalue weighted by atomic mass is 16.6. The van der Waals surface area contributed by atoms with E-state index >= 15 is 0 Å². The number of aliphatic hydroxyl groups is 2. The van der Waals surface area contributed by atoms with Crippen molar-refractivity contribution >= 4 is 17.7 Å². The van der Waals surface area contributed by atoms with E-state index in [0.29, 0.717) is 18.6 Å². The van der Waals surface area contributed by atoms with Crippen LogP contribution in [0.1, 0.15) is 72.6 Å².